The number of esters is 1. The molecule has 27 heavy (non-hydrogen) atoms. The van der Waals surface area contributed by atoms with Gasteiger partial charge in [0.25, 0.3) is 0 Å². The van der Waals surface area contributed by atoms with Gasteiger partial charge in [-0.3, -0.25) is 4.90 Å². The average Bonchev–Trinajstić information content (AvgIpc) is 2.57. The summed E-state index contributed by atoms with van der Waals surface area (Å²) in [4.78, 5) is 13.9. The summed E-state index contributed by atoms with van der Waals surface area (Å²) >= 11 is 0. The van der Waals surface area contributed by atoms with Crippen molar-refractivity contribution in [2.24, 2.45) is 0 Å². The number of aliphatic hydroxyl groups is 2. The molecule has 0 aliphatic carbocycles. The minimum atomic E-state index is -0.946. The fourth-order valence-electron chi connectivity index (χ4n) is 2.83. The Morgan fingerprint density at radius 3 is 2.04 bits per heavy atom. The van der Waals surface area contributed by atoms with Gasteiger partial charge in [-0.25, -0.2) is 4.79 Å². The van der Waals surface area contributed by atoms with Crippen LogP contribution in [-0.2, 0) is 14.3 Å². The predicted octanol–water partition coefficient (Wildman–Crippen LogP) is -1.85. The third-order valence-corrected chi connectivity index (χ3v) is 4.14. The van der Waals surface area contributed by atoms with Gasteiger partial charge in [0, 0.05) is 52.4 Å². The van der Waals surface area contributed by atoms with Crippen LogP contribution in [0.5, 0.6) is 0 Å². The van der Waals surface area contributed by atoms with E-state index < -0.39 is 23.7 Å². The lowest BCUT2D eigenvalue weighted by Gasteiger charge is -2.34. The van der Waals surface area contributed by atoms with Crippen molar-refractivity contribution in [3.8, 4) is 0 Å². The Hall–Kier alpha value is -0.810. The Morgan fingerprint density at radius 2 is 1.56 bits per heavy atom. The Balaban J connectivity index is 2.58. The Bertz CT molecular complexity index is 394. The van der Waals surface area contributed by atoms with Crippen LogP contribution >= 0.6 is 0 Å². The minimum absolute atomic E-state index is 0.141. The van der Waals surface area contributed by atoms with Crippen molar-refractivity contribution >= 4 is 5.97 Å². The average molecular weight is 391 g/mol. The van der Waals surface area contributed by atoms with E-state index in [-0.39, 0.29) is 19.8 Å². The van der Waals surface area contributed by atoms with Gasteiger partial charge in [0.15, 0.2) is 0 Å². The number of ether oxygens (including phenoxy) is 2. The van der Waals surface area contributed by atoms with Crippen LogP contribution in [-0.4, -0.2) is 111 Å². The maximum atomic E-state index is 11.8. The molecule has 0 bridgehead atoms. The van der Waals surface area contributed by atoms with E-state index in [0.29, 0.717) is 13.1 Å². The largest absolute Gasteiger partial charge is 0.458 e. The zero-order chi connectivity index (χ0) is 20.1. The molecule has 1 aliphatic heterocycles. The Kier molecular flexibility index (Phi) is 12.0. The van der Waals surface area contributed by atoms with Crippen LogP contribution in [0.1, 0.15) is 20.8 Å². The summed E-state index contributed by atoms with van der Waals surface area (Å²) in [5.74, 6) is -0.440. The molecule has 5 N–H and O–H groups in total. The topological polar surface area (TPSA) is 115 Å². The molecule has 1 saturated heterocycles. The van der Waals surface area contributed by atoms with Gasteiger partial charge in [-0.05, 0) is 20.8 Å². The molecule has 9 heteroatoms. The van der Waals surface area contributed by atoms with Crippen LogP contribution < -0.4 is 16.0 Å². The fourth-order valence-corrected chi connectivity index (χ4v) is 2.83. The van der Waals surface area contributed by atoms with Crippen molar-refractivity contribution in [2.45, 2.75) is 38.5 Å². The smallest absolute Gasteiger partial charge is 0.332 e. The molecule has 0 radical (unpaired) electrons. The number of rotatable bonds is 7. The molecule has 9 nitrogen and oxygen atoms in total. The first kappa shape index (κ1) is 24.2. The summed E-state index contributed by atoms with van der Waals surface area (Å²) < 4.78 is 10.7. The van der Waals surface area contributed by atoms with Gasteiger partial charge in [-0.1, -0.05) is 0 Å². The van der Waals surface area contributed by atoms with Gasteiger partial charge in [-0.15, -0.1) is 0 Å². The highest BCUT2D eigenvalue weighted by atomic mass is 16.6. The quantitative estimate of drug-likeness (QED) is 0.320. The number of nitrogens with one attached hydrogen (secondary N) is 3. The molecule has 0 spiro atoms. The van der Waals surface area contributed by atoms with E-state index in [0.717, 1.165) is 39.3 Å². The van der Waals surface area contributed by atoms with Crippen LogP contribution in [0.25, 0.3) is 0 Å². The number of carbonyl (C=O) groups excluding carboxylic acids is 1. The van der Waals surface area contributed by atoms with Gasteiger partial charge in [0.05, 0.1) is 25.4 Å². The second-order valence-electron chi connectivity index (χ2n) is 7.70. The Morgan fingerprint density at radius 1 is 1.04 bits per heavy atom. The third kappa shape index (κ3) is 11.6. The summed E-state index contributed by atoms with van der Waals surface area (Å²) in [6, 6.07) is -0.401. The van der Waals surface area contributed by atoms with Crippen molar-refractivity contribution in [2.75, 3.05) is 72.2 Å². The highest BCUT2D eigenvalue weighted by Crippen LogP contribution is 2.09. The number of nitrogens with zero attached hydrogens (tertiary/aromatic N) is 1. The first-order valence-electron chi connectivity index (χ1n) is 9.78. The van der Waals surface area contributed by atoms with E-state index in [9.17, 15) is 15.0 Å². The first-order chi connectivity index (χ1) is 12.8. The van der Waals surface area contributed by atoms with Crippen molar-refractivity contribution in [3.05, 3.63) is 0 Å². The fraction of sp³-hybridized carbons (Fsp3) is 0.944. The molecule has 0 aromatic heterocycles. The zero-order valence-corrected chi connectivity index (χ0v) is 17.0. The lowest BCUT2D eigenvalue weighted by molar-refractivity contribution is -0.161. The molecule has 0 aromatic carbocycles. The SMILES string of the molecule is CC(C)(C)OC(=O)COC[C@H]([C@H](O)CO)N1CCNCCNCCNCC1. The standard InChI is InChI=1S/C18H38N4O5/c1-18(2,3)27-17(25)14-26-13-15(16(24)12-23)22-10-8-20-6-4-19-5-7-21-9-11-22/h15-16,19-21,23-24H,4-14H2,1-3H3/t15-,16-/m1/s1. The second kappa shape index (κ2) is 13.4. The van der Waals surface area contributed by atoms with Crippen LogP contribution in [0.4, 0.5) is 0 Å². The van der Waals surface area contributed by atoms with Gasteiger partial charge in [0.1, 0.15) is 12.2 Å². The van der Waals surface area contributed by atoms with Crippen LogP contribution in [0.15, 0.2) is 0 Å². The Labute approximate surface area is 162 Å². The summed E-state index contributed by atoms with van der Waals surface area (Å²) in [5, 5.41) is 29.8. The third-order valence-electron chi connectivity index (χ3n) is 4.14. The van der Waals surface area contributed by atoms with Gasteiger partial charge < -0.3 is 35.6 Å². The molecular weight excluding hydrogens is 352 g/mol. The number of carbonyl (C=O) groups is 1. The predicted molar refractivity (Wildman–Crippen MR) is 104 cm³/mol. The summed E-state index contributed by atoms with van der Waals surface area (Å²) in [6.07, 6.45) is -0.946. The minimum Gasteiger partial charge on any atom is -0.458 e. The molecule has 0 amide bonds. The molecule has 1 heterocycles. The van der Waals surface area contributed by atoms with Crippen LogP contribution in [0.2, 0.25) is 0 Å². The van der Waals surface area contributed by atoms with Crippen molar-refractivity contribution in [1.29, 1.82) is 0 Å². The molecule has 0 aromatic rings. The number of hydrogen-bond acceptors (Lipinski definition) is 9. The number of hydrogen-bond donors (Lipinski definition) is 5. The van der Waals surface area contributed by atoms with Gasteiger partial charge in [0.2, 0.25) is 0 Å². The summed E-state index contributed by atoms with van der Waals surface area (Å²) in [6.45, 7) is 11.5. The van der Waals surface area contributed by atoms with Crippen LogP contribution in [0, 0.1) is 0 Å². The lowest BCUT2D eigenvalue weighted by atomic mass is 10.1. The zero-order valence-electron chi connectivity index (χ0n) is 17.0. The van der Waals surface area contributed by atoms with E-state index in [1.54, 1.807) is 20.8 Å². The monoisotopic (exact) mass is 390 g/mol. The first-order valence-corrected chi connectivity index (χ1v) is 9.78. The summed E-state index contributed by atoms with van der Waals surface area (Å²) in [7, 11) is 0. The summed E-state index contributed by atoms with van der Waals surface area (Å²) in [5.41, 5.74) is -0.562. The van der Waals surface area contributed by atoms with E-state index in [1.807, 2.05) is 0 Å². The molecule has 1 fully saturated rings. The van der Waals surface area contributed by atoms with E-state index in [4.69, 9.17) is 9.47 Å². The van der Waals surface area contributed by atoms with E-state index in [2.05, 4.69) is 20.9 Å². The lowest BCUT2D eigenvalue weighted by Crippen LogP contribution is -2.53. The van der Waals surface area contributed by atoms with Gasteiger partial charge >= 0.3 is 5.97 Å². The van der Waals surface area contributed by atoms with E-state index in [1.165, 1.54) is 0 Å². The molecule has 2 atom stereocenters. The number of aliphatic hydroxyl groups excluding tert-OH is 2. The molecule has 0 saturated carbocycles. The molecule has 1 aliphatic rings. The molecular formula is C18H38N4O5. The maximum Gasteiger partial charge on any atom is 0.332 e. The van der Waals surface area contributed by atoms with Crippen molar-refractivity contribution < 1.29 is 24.5 Å². The normalized spacial score (nSPS) is 20.9. The van der Waals surface area contributed by atoms with Crippen molar-refractivity contribution in [3.63, 3.8) is 0 Å². The molecule has 1 rings (SSSR count). The second-order valence-corrected chi connectivity index (χ2v) is 7.70. The van der Waals surface area contributed by atoms with Gasteiger partial charge in [-0.2, -0.15) is 0 Å². The molecule has 0 unspecified atom stereocenters. The highest BCUT2D eigenvalue weighted by Gasteiger charge is 2.26. The van der Waals surface area contributed by atoms with Crippen molar-refractivity contribution in [1.82, 2.24) is 20.9 Å². The van der Waals surface area contributed by atoms with E-state index >= 15 is 0 Å². The molecule has 160 valence electrons. The van der Waals surface area contributed by atoms with Crippen LogP contribution in [0.3, 0.4) is 0 Å². The maximum absolute atomic E-state index is 11.8. The highest BCUT2D eigenvalue weighted by molar-refractivity contribution is 5.71.